The van der Waals surface area contributed by atoms with Crippen LogP contribution in [0.4, 0.5) is 0 Å². The summed E-state index contributed by atoms with van der Waals surface area (Å²) in [5.74, 6) is 0.666. The lowest BCUT2D eigenvalue weighted by atomic mass is 9.93. The molecule has 1 aliphatic rings. The van der Waals surface area contributed by atoms with E-state index in [0.29, 0.717) is 5.92 Å². The molecule has 0 saturated carbocycles. The highest BCUT2D eigenvalue weighted by molar-refractivity contribution is 5.49. The standard InChI is InChI=1S/C16H20/c1-4-6-7-9-15(8-5-2)16-12-10-14(3)11-13-16/h4-10,12-14H,1,11H2,2-3H3/b7-6-,8-5-,15-9-. The maximum atomic E-state index is 3.66. The molecule has 0 aliphatic heterocycles. The molecule has 0 N–H and O–H groups in total. The smallest absolute Gasteiger partial charge is 0.0191 e. The lowest BCUT2D eigenvalue weighted by molar-refractivity contribution is 0.732. The molecule has 1 rings (SSSR count). The van der Waals surface area contributed by atoms with Crippen LogP contribution in [0.5, 0.6) is 0 Å². The van der Waals surface area contributed by atoms with Gasteiger partial charge in [0.05, 0.1) is 0 Å². The minimum absolute atomic E-state index is 0.666. The van der Waals surface area contributed by atoms with Gasteiger partial charge in [0.2, 0.25) is 0 Å². The first-order valence-corrected chi connectivity index (χ1v) is 5.78. The molecule has 0 nitrogen and oxygen atoms in total. The van der Waals surface area contributed by atoms with E-state index < -0.39 is 0 Å². The topological polar surface area (TPSA) is 0 Å². The van der Waals surface area contributed by atoms with Gasteiger partial charge in [0.1, 0.15) is 0 Å². The molecule has 0 aromatic heterocycles. The van der Waals surface area contributed by atoms with Crippen LogP contribution in [-0.4, -0.2) is 0 Å². The minimum atomic E-state index is 0.666. The highest BCUT2D eigenvalue weighted by Gasteiger charge is 2.04. The van der Waals surface area contributed by atoms with Gasteiger partial charge in [-0.05, 0) is 30.4 Å². The van der Waals surface area contributed by atoms with Gasteiger partial charge in [0, 0.05) is 0 Å². The largest absolute Gasteiger partial charge is 0.0991 e. The Bertz CT molecular complexity index is 373. The lowest BCUT2D eigenvalue weighted by Gasteiger charge is -2.12. The van der Waals surface area contributed by atoms with Crippen molar-refractivity contribution in [2.45, 2.75) is 20.3 Å². The van der Waals surface area contributed by atoms with Gasteiger partial charge in [0.15, 0.2) is 0 Å². The molecule has 1 aliphatic carbocycles. The highest BCUT2D eigenvalue weighted by atomic mass is 14.1. The van der Waals surface area contributed by atoms with Gasteiger partial charge < -0.3 is 0 Å². The van der Waals surface area contributed by atoms with Gasteiger partial charge in [-0.3, -0.25) is 0 Å². The third-order valence-electron chi connectivity index (χ3n) is 2.52. The summed E-state index contributed by atoms with van der Waals surface area (Å²) in [6, 6.07) is 0. The van der Waals surface area contributed by atoms with Crippen LogP contribution in [0.15, 0.2) is 72.4 Å². The molecule has 84 valence electrons. The Morgan fingerprint density at radius 3 is 2.81 bits per heavy atom. The first-order valence-electron chi connectivity index (χ1n) is 5.78. The third kappa shape index (κ3) is 3.90. The first-order chi connectivity index (χ1) is 7.77. The predicted molar refractivity (Wildman–Crippen MR) is 73.2 cm³/mol. The Morgan fingerprint density at radius 1 is 1.44 bits per heavy atom. The van der Waals surface area contributed by atoms with Crippen LogP contribution in [0, 0.1) is 5.92 Å². The second kappa shape index (κ2) is 6.84. The van der Waals surface area contributed by atoms with Gasteiger partial charge in [0.25, 0.3) is 0 Å². The van der Waals surface area contributed by atoms with Gasteiger partial charge >= 0.3 is 0 Å². The fourth-order valence-electron chi connectivity index (χ4n) is 1.61. The Labute approximate surface area is 99.1 Å². The molecule has 1 atom stereocenters. The summed E-state index contributed by atoms with van der Waals surface area (Å²) in [5.41, 5.74) is 2.56. The van der Waals surface area contributed by atoms with E-state index in [9.17, 15) is 0 Å². The molecule has 0 saturated heterocycles. The zero-order valence-corrected chi connectivity index (χ0v) is 10.2. The molecule has 0 heteroatoms. The van der Waals surface area contributed by atoms with E-state index >= 15 is 0 Å². The molecular formula is C16H20. The molecule has 0 heterocycles. The second-order valence-electron chi connectivity index (χ2n) is 3.97. The summed E-state index contributed by atoms with van der Waals surface area (Å²) in [4.78, 5) is 0. The number of hydrogen-bond acceptors (Lipinski definition) is 0. The van der Waals surface area contributed by atoms with E-state index in [-0.39, 0.29) is 0 Å². The minimum Gasteiger partial charge on any atom is -0.0991 e. The van der Waals surface area contributed by atoms with Crippen molar-refractivity contribution in [1.29, 1.82) is 0 Å². The fourth-order valence-corrected chi connectivity index (χ4v) is 1.61. The van der Waals surface area contributed by atoms with Gasteiger partial charge in [-0.25, -0.2) is 0 Å². The maximum Gasteiger partial charge on any atom is -0.0191 e. The van der Waals surface area contributed by atoms with Crippen LogP contribution in [-0.2, 0) is 0 Å². The molecule has 16 heavy (non-hydrogen) atoms. The fraction of sp³-hybridized carbons (Fsp3) is 0.250. The molecule has 0 aromatic rings. The van der Waals surface area contributed by atoms with Crippen molar-refractivity contribution in [3.05, 3.63) is 72.4 Å². The van der Waals surface area contributed by atoms with Crippen LogP contribution in [0.1, 0.15) is 20.3 Å². The normalized spacial score (nSPS) is 21.8. The van der Waals surface area contributed by atoms with Crippen LogP contribution in [0.3, 0.4) is 0 Å². The number of rotatable bonds is 4. The monoisotopic (exact) mass is 212 g/mol. The SMILES string of the molecule is C=C\C=C/C=C(/C=C\C)C1=CCC(C)C=C1. The molecule has 0 amide bonds. The summed E-state index contributed by atoms with van der Waals surface area (Å²) in [5, 5.41) is 0. The average Bonchev–Trinajstić information content (AvgIpc) is 2.29. The lowest BCUT2D eigenvalue weighted by Crippen LogP contribution is -1.95. The molecule has 0 radical (unpaired) electrons. The van der Waals surface area contributed by atoms with Crippen LogP contribution in [0.25, 0.3) is 0 Å². The number of hydrogen-bond donors (Lipinski definition) is 0. The van der Waals surface area contributed by atoms with Crippen LogP contribution in [0.2, 0.25) is 0 Å². The van der Waals surface area contributed by atoms with Gasteiger partial charge in [-0.2, -0.15) is 0 Å². The molecule has 1 unspecified atom stereocenters. The van der Waals surface area contributed by atoms with Crippen molar-refractivity contribution in [2.24, 2.45) is 5.92 Å². The molecule has 0 spiro atoms. The zero-order valence-electron chi connectivity index (χ0n) is 10.2. The van der Waals surface area contributed by atoms with E-state index in [1.54, 1.807) is 6.08 Å². The Kier molecular flexibility index (Phi) is 5.35. The van der Waals surface area contributed by atoms with Crippen LogP contribution < -0.4 is 0 Å². The van der Waals surface area contributed by atoms with Crippen LogP contribution >= 0.6 is 0 Å². The van der Waals surface area contributed by atoms with Crippen molar-refractivity contribution < 1.29 is 0 Å². The van der Waals surface area contributed by atoms with E-state index in [2.05, 4.69) is 50.0 Å². The van der Waals surface area contributed by atoms with Crippen molar-refractivity contribution in [1.82, 2.24) is 0 Å². The summed E-state index contributed by atoms with van der Waals surface area (Å²) in [7, 11) is 0. The molecule has 0 aromatic carbocycles. The Morgan fingerprint density at radius 2 is 2.25 bits per heavy atom. The van der Waals surface area contributed by atoms with E-state index in [1.165, 1.54) is 11.1 Å². The number of allylic oxidation sites excluding steroid dienone is 11. The Hall–Kier alpha value is -1.56. The van der Waals surface area contributed by atoms with Crippen molar-refractivity contribution >= 4 is 0 Å². The quantitative estimate of drug-likeness (QED) is 0.590. The second-order valence-corrected chi connectivity index (χ2v) is 3.97. The highest BCUT2D eigenvalue weighted by Crippen LogP contribution is 2.22. The first kappa shape index (κ1) is 12.5. The molecule has 0 fully saturated rings. The van der Waals surface area contributed by atoms with E-state index in [1.807, 2.05) is 19.1 Å². The van der Waals surface area contributed by atoms with Crippen molar-refractivity contribution in [2.75, 3.05) is 0 Å². The Balaban J connectivity index is 2.87. The van der Waals surface area contributed by atoms with Crippen molar-refractivity contribution in [3.63, 3.8) is 0 Å². The summed E-state index contributed by atoms with van der Waals surface area (Å²) in [6.07, 6.45) is 20.0. The average molecular weight is 212 g/mol. The summed E-state index contributed by atoms with van der Waals surface area (Å²) < 4.78 is 0. The molecule has 0 bridgehead atoms. The predicted octanol–water partition coefficient (Wildman–Crippen LogP) is 4.75. The van der Waals surface area contributed by atoms with Crippen molar-refractivity contribution in [3.8, 4) is 0 Å². The van der Waals surface area contributed by atoms with E-state index in [0.717, 1.165) is 6.42 Å². The third-order valence-corrected chi connectivity index (χ3v) is 2.52. The van der Waals surface area contributed by atoms with Gasteiger partial charge in [-0.15, -0.1) is 0 Å². The van der Waals surface area contributed by atoms with Gasteiger partial charge in [-0.1, -0.05) is 68.2 Å². The van der Waals surface area contributed by atoms with E-state index in [4.69, 9.17) is 0 Å². The zero-order chi connectivity index (χ0) is 11.8. The maximum absolute atomic E-state index is 3.66. The molecular weight excluding hydrogens is 192 g/mol. The summed E-state index contributed by atoms with van der Waals surface area (Å²) >= 11 is 0. The summed E-state index contributed by atoms with van der Waals surface area (Å²) in [6.45, 7) is 7.94.